The highest BCUT2D eigenvalue weighted by Crippen LogP contribution is 2.22. The quantitative estimate of drug-likeness (QED) is 0.743. The zero-order valence-electron chi connectivity index (χ0n) is 16.5. The van der Waals surface area contributed by atoms with E-state index in [9.17, 15) is 9.59 Å². The summed E-state index contributed by atoms with van der Waals surface area (Å²) in [6.07, 6.45) is 5.09. The van der Waals surface area contributed by atoms with Gasteiger partial charge in [0.05, 0.1) is 0 Å². The van der Waals surface area contributed by atoms with Crippen molar-refractivity contribution in [1.82, 2.24) is 19.4 Å². The number of aryl methyl sites for hydroxylation is 2. The lowest BCUT2D eigenvalue weighted by molar-refractivity contribution is -0.119. The monoisotopic (exact) mass is 389 g/mol. The van der Waals surface area contributed by atoms with Gasteiger partial charge < -0.3 is 14.8 Å². The van der Waals surface area contributed by atoms with Crippen LogP contribution in [-0.2, 0) is 4.79 Å². The fourth-order valence-electron chi connectivity index (χ4n) is 3.67. The maximum Gasteiger partial charge on any atom is 0.273 e. The lowest BCUT2D eigenvalue weighted by Crippen LogP contribution is -2.43. The summed E-state index contributed by atoms with van der Waals surface area (Å²) >= 11 is 0. The molecule has 148 valence electrons. The van der Waals surface area contributed by atoms with E-state index < -0.39 is 6.04 Å². The van der Waals surface area contributed by atoms with Gasteiger partial charge in [0.15, 0.2) is 0 Å². The summed E-state index contributed by atoms with van der Waals surface area (Å²) in [6, 6.07) is 12.4. The number of amides is 2. The number of pyridine rings is 1. The number of likely N-dealkylation sites (tertiary alicyclic amines) is 1. The summed E-state index contributed by atoms with van der Waals surface area (Å²) < 4.78 is 1.97. The smallest absolute Gasteiger partial charge is 0.273 e. The molecule has 1 aliphatic rings. The number of carbonyl (C=O) groups is 2. The van der Waals surface area contributed by atoms with Crippen LogP contribution in [0.1, 0.15) is 34.8 Å². The lowest BCUT2D eigenvalue weighted by atomic mass is 10.2. The summed E-state index contributed by atoms with van der Waals surface area (Å²) in [7, 11) is 0. The molecule has 1 N–H and O–H groups in total. The molecule has 29 heavy (non-hydrogen) atoms. The first-order valence-corrected chi connectivity index (χ1v) is 9.69. The highest BCUT2D eigenvalue weighted by molar-refractivity contribution is 6.00. The molecule has 0 aliphatic carbocycles. The molecular formula is C22H23N5O2. The number of anilines is 1. The van der Waals surface area contributed by atoms with Gasteiger partial charge in [-0.15, -0.1) is 0 Å². The van der Waals surface area contributed by atoms with Crippen molar-refractivity contribution in [3.8, 4) is 5.69 Å². The van der Waals surface area contributed by atoms with E-state index in [1.54, 1.807) is 17.2 Å². The van der Waals surface area contributed by atoms with Crippen LogP contribution in [-0.4, -0.2) is 43.8 Å². The summed E-state index contributed by atoms with van der Waals surface area (Å²) in [5.41, 5.74) is 2.83. The summed E-state index contributed by atoms with van der Waals surface area (Å²) in [5, 5.41) is 2.94. The van der Waals surface area contributed by atoms with Crippen molar-refractivity contribution in [2.75, 3.05) is 11.9 Å². The Bertz CT molecular complexity index is 1040. The second-order valence-corrected chi connectivity index (χ2v) is 7.20. The van der Waals surface area contributed by atoms with Crippen LogP contribution in [0.5, 0.6) is 0 Å². The molecule has 3 aromatic rings. The minimum Gasteiger partial charge on any atom is -0.325 e. The van der Waals surface area contributed by atoms with Crippen molar-refractivity contribution >= 4 is 17.5 Å². The molecule has 1 aromatic carbocycles. The number of carbonyl (C=O) groups excluding carboxylic acids is 2. The van der Waals surface area contributed by atoms with Gasteiger partial charge in [-0.25, -0.2) is 9.97 Å². The van der Waals surface area contributed by atoms with E-state index in [0.29, 0.717) is 24.3 Å². The Hall–Kier alpha value is -3.48. The standard InChI is InChI=1S/C22H23N5O2/c1-15-5-3-6-19(24-15)22(29)27-13-4-7-20(27)21(28)25-17-8-10-18(11-9-17)26-14-12-23-16(26)2/h3,5-6,8-12,14,20H,4,7,13H2,1-2H3,(H,25,28)/t20-/m0/s1. The third-order valence-electron chi connectivity index (χ3n) is 5.16. The molecule has 7 nitrogen and oxygen atoms in total. The van der Waals surface area contributed by atoms with E-state index in [1.807, 2.05) is 61.0 Å². The Kier molecular flexibility index (Phi) is 5.12. The maximum absolute atomic E-state index is 12.9. The highest BCUT2D eigenvalue weighted by Gasteiger charge is 2.35. The van der Waals surface area contributed by atoms with Gasteiger partial charge >= 0.3 is 0 Å². The molecule has 0 radical (unpaired) electrons. The van der Waals surface area contributed by atoms with Gasteiger partial charge in [-0.1, -0.05) is 6.07 Å². The van der Waals surface area contributed by atoms with E-state index in [1.165, 1.54) is 0 Å². The number of imidazole rings is 1. The van der Waals surface area contributed by atoms with Crippen molar-refractivity contribution in [3.63, 3.8) is 0 Å². The topological polar surface area (TPSA) is 80.1 Å². The minimum absolute atomic E-state index is 0.171. The zero-order chi connectivity index (χ0) is 20.4. The van der Waals surface area contributed by atoms with Crippen molar-refractivity contribution in [2.24, 2.45) is 0 Å². The van der Waals surface area contributed by atoms with E-state index in [2.05, 4.69) is 15.3 Å². The minimum atomic E-state index is -0.486. The summed E-state index contributed by atoms with van der Waals surface area (Å²) in [6.45, 7) is 4.34. The van der Waals surface area contributed by atoms with Crippen LogP contribution in [0.25, 0.3) is 5.69 Å². The fourth-order valence-corrected chi connectivity index (χ4v) is 3.67. The van der Waals surface area contributed by atoms with Crippen molar-refractivity contribution in [3.05, 3.63) is 72.1 Å². The van der Waals surface area contributed by atoms with Gasteiger partial charge in [-0.2, -0.15) is 0 Å². The molecule has 7 heteroatoms. The Balaban J connectivity index is 1.46. The van der Waals surface area contributed by atoms with Gasteiger partial charge in [-0.3, -0.25) is 9.59 Å². The Labute approximate surface area is 169 Å². The molecule has 0 bridgehead atoms. The average Bonchev–Trinajstić information content (AvgIpc) is 3.37. The molecule has 2 aromatic heterocycles. The van der Waals surface area contributed by atoms with Crippen LogP contribution in [0, 0.1) is 13.8 Å². The van der Waals surface area contributed by atoms with Gasteiger partial charge in [0.2, 0.25) is 5.91 Å². The number of nitrogens with zero attached hydrogens (tertiary/aromatic N) is 4. The van der Waals surface area contributed by atoms with E-state index in [4.69, 9.17) is 0 Å². The Morgan fingerprint density at radius 2 is 1.90 bits per heavy atom. The zero-order valence-corrected chi connectivity index (χ0v) is 16.5. The molecule has 1 aliphatic heterocycles. The van der Waals surface area contributed by atoms with Crippen LogP contribution < -0.4 is 5.32 Å². The first-order chi connectivity index (χ1) is 14.0. The lowest BCUT2D eigenvalue weighted by Gasteiger charge is -2.23. The fraction of sp³-hybridized carbons (Fsp3) is 0.273. The predicted octanol–water partition coefficient (Wildman–Crippen LogP) is 3.13. The molecular weight excluding hydrogens is 366 g/mol. The Morgan fingerprint density at radius 3 is 2.59 bits per heavy atom. The van der Waals surface area contributed by atoms with Crippen LogP contribution in [0.15, 0.2) is 54.9 Å². The first-order valence-electron chi connectivity index (χ1n) is 9.69. The van der Waals surface area contributed by atoms with Crippen LogP contribution in [0.2, 0.25) is 0 Å². The van der Waals surface area contributed by atoms with Crippen LogP contribution in [0.4, 0.5) is 5.69 Å². The van der Waals surface area contributed by atoms with Crippen molar-refractivity contribution < 1.29 is 9.59 Å². The third kappa shape index (κ3) is 3.89. The normalized spacial score (nSPS) is 16.1. The van der Waals surface area contributed by atoms with E-state index in [0.717, 1.165) is 23.6 Å². The predicted molar refractivity (Wildman–Crippen MR) is 110 cm³/mol. The van der Waals surface area contributed by atoms with Gasteiger partial charge in [0, 0.05) is 36.0 Å². The van der Waals surface area contributed by atoms with Crippen molar-refractivity contribution in [2.45, 2.75) is 32.7 Å². The third-order valence-corrected chi connectivity index (χ3v) is 5.16. The SMILES string of the molecule is Cc1cccc(C(=O)N2CCC[C@H]2C(=O)Nc2ccc(-n3ccnc3C)cc2)n1. The second-order valence-electron chi connectivity index (χ2n) is 7.20. The molecule has 1 fully saturated rings. The van der Waals surface area contributed by atoms with Crippen LogP contribution >= 0.6 is 0 Å². The van der Waals surface area contributed by atoms with Crippen molar-refractivity contribution in [1.29, 1.82) is 0 Å². The molecule has 2 amide bonds. The molecule has 0 spiro atoms. The highest BCUT2D eigenvalue weighted by atomic mass is 16.2. The molecule has 1 atom stereocenters. The van der Waals surface area contributed by atoms with Crippen LogP contribution in [0.3, 0.4) is 0 Å². The number of hydrogen-bond acceptors (Lipinski definition) is 4. The number of aromatic nitrogens is 3. The van der Waals surface area contributed by atoms with Gasteiger partial charge in [0.25, 0.3) is 5.91 Å². The van der Waals surface area contributed by atoms with E-state index >= 15 is 0 Å². The molecule has 0 unspecified atom stereocenters. The van der Waals surface area contributed by atoms with Gasteiger partial charge in [-0.05, 0) is 63.1 Å². The van der Waals surface area contributed by atoms with Gasteiger partial charge in [0.1, 0.15) is 17.6 Å². The average molecular weight is 389 g/mol. The number of benzene rings is 1. The summed E-state index contributed by atoms with van der Waals surface area (Å²) in [4.78, 5) is 35.9. The number of nitrogens with one attached hydrogen (secondary N) is 1. The molecule has 1 saturated heterocycles. The molecule has 0 saturated carbocycles. The second kappa shape index (κ2) is 7.87. The molecule has 3 heterocycles. The first kappa shape index (κ1) is 18.9. The largest absolute Gasteiger partial charge is 0.325 e. The van der Waals surface area contributed by atoms with E-state index in [-0.39, 0.29) is 11.8 Å². The molecule has 4 rings (SSSR count). The number of rotatable bonds is 4. The number of hydrogen-bond donors (Lipinski definition) is 1. The summed E-state index contributed by atoms with van der Waals surface area (Å²) in [5.74, 6) is 0.527. The maximum atomic E-state index is 12.9. The Morgan fingerprint density at radius 1 is 1.10 bits per heavy atom.